The molecule has 3 N–H and O–H groups in total. The predicted octanol–water partition coefficient (Wildman–Crippen LogP) is -0.447. The maximum atomic E-state index is 10.8. The van der Waals surface area contributed by atoms with Crippen molar-refractivity contribution in [2.45, 2.75) is 13.5 Å². The van der Waals surface area contributed by atoms with Crippen LogP contribution < -0.4 is 15.8 Å². The predicted molar refractivity (Wildman–Crippen MR) is 65.0 cm³/mol. The summed E-state index contributed by atoms with van der Waals surface area (Å²) in [5, 5.41) is 2.69. The summed E-state index contributed by atoms with van der Waals surface area (Å²) in [4.78, 5) is 23.0. The van der Waals surface area contributed by atoms with Crippen molar-refractivity contribution in [3.8, 4) is 5.88 Å². The van der Waals surface area contributed by atoms with Crippen molar-refractivity contribution in [2.75, 3.05) is 19.4 Å². The number of nitrogen functional groups attached to an aromatic ring is 1. The highest BCUT2D eigenvalue weighted by molar-refractivity contribution is 5.79. The van der Waals surface area contributed by atoms with E-state index in [9.17, 15) is 4.79 Å². The molecular weight excluding hydrogens is 236 g/mol. The number of carbonyl (C=O) groups is 1. The van der Waals surface area contributed by atoms with Gasteiger partial charge in [-0.2, -0.15) is 4.98 Å². The van der Waals surface area contributed by atoms with E-state index in [1.807, 2.05) is 0 Å². The Labute approximate surface area is 103 Å². The molecule has 1 amide bonds. The number of ether oxygens (including phenoxy) is 1. The molecule has 0 saturated heterocycles. The molecule has 0 atom stereocenters. The Hall–Kier alpha value is -2.38. The first-order valence-electron chi connectivity index (χ1n) is 5.38. The minimum absolute atomic E-state index is 0.0924. The molecule has 0 aliphatic carbocycles. The maximum Gasteiger partial charge on any atom is 0.245 e. The second-order valence-corrected chi connectivity index (χ2v) is 3.66. The summed E-state index contributed by atoms with van der Waals surface area (Å²) in [5.41, 5.74) is 6.91. The number of hydrogen-bond acceptors (Lipinski definition) is 6. The summed E-state index contributed by atoms with van der Waals surface area (Å²) in [6, 6.07) is 0. The standard InChI is InChI=1S/C10H14N6O2/c1-6(17)12-3-4-16-8-7(15-10(16)11)9(18-2)14-5-13-8/h5H,3-4H2,1-2H3,(H2,11,15)(H,12,17). The topological polar surface area (TPSA) is 108 Å². The van der Waals surface area contributed by atoms with E-state index in [-0.39, 0.29) is 5.91 Å². The van der Waals surface area contributed by atoms with Crippen LogP contribution in [0.1, 0.15) is 6.92 Å². The molecule has 2 rings (SSSR count). The second kappa shape index (κ2) is 4.86. The highest BCUT2D eigenvalue weighted by atomic mass is 16.5. The fourth-order valence-corrected chi connectivity index (χ4v) is 1.65. The Bertz CT molecular complexity index is 579. The van der Waals surface area contributed by atoms with Crippen LogP contribution in [-0.4, -0.2) is 39.1 Å². The minimum atomic E-state index is -0.0924. The number of methoxy groups -OCH3 is 1. The first kappa shape index (κ1) is 12.1. The molecule has 18 heavy (non-hydrogen) atoms. The van der Waals surface area contributed by atoms with Crippen LogP contribution in [0.3, 0.4) is 0 Å². The van der Waals surface area contributed by atoms with Gasteiger partial charge in [0, 0.05) is 20.0 Å². The van der Waals surface area contributed by atoms with Crippen molar-refractivity contribution in [3.63, 3.8) is 0 Å². The van der Waals surface area contributed by atoms with Crippen molar-refractivity contribution in [3.05, 3.63) is 6.33 Å². The molecule has 0 aromatic carbocycles. The van der Waals surface area contributed by atoms with Crippen molar-refractivity contribution in [2.24, 2.45) is 0 Å². The maximum absolute atomic E-state index is 10.8. The zero-order valence-electron chi connectivity index (χ0n) is 10.2. The number of nitrogens with one attached hydrogen (secondary N) is 1. The van der Waals surface area contributed by atoms with Crippen molar-refractivity contribution in [1.82, 2.24) is 24.8 Å². The number of imidazole rings is 1. The Morgan fingerprint density at radius 2 is 2.33 bits per heavy atom. The zero-order valence-corrected chi connectivity index (χ0v) is 10.2. The summed E-state index contributed by atoms with van der Waals surface area (Å²) in [6.07, 6.45) is 1.39. The smallest absolute Gasteiger partial charge is 0.245 e. The van der Waals surface area contributed by atoms with E-state index in [0.29, 0.717) is 36.1 Å². The number of nitrogens with zero attached hydrogens (tertiary/aromatic N) is 4. The van der Waals surface area contributed by atoms with Gasteiger partial charge >= 0.3 is 0 Å². The molecule has 2 aromatic heterocycles. The molecule has 0 bridgehead atoms. The molecule has 8 nitrogen and oxygen atoms in total. The number of amides is 1. The Morgan fingerprint density at radius 1 is 1.56 bits per heavy atom. The molecule has 0 saturated carbocycles. The third-order valence-corrected chi connectivity index (χ3v) is 2.43. The van der Waals surface area contributed by atoms with E-state index in [1.54, 1.807) is 4.57 Å². The molecule has 0 unspecified atom stereocenters. The number of rotatable bonds is 4. The second-order valence-electron chi connectivity index (χ2n) is 3.66. The Kier molecular flexibility index (Phi) is 3.26. The largest absolute Gasteiger partial charge is 0.479 e. The van der Waals surface area contributed by atoms with Crippen molar-refractivity contribution < 1.29 is 9.53 Å². The number of anilines is 1. The molecule has 0 radical (unpaired) electrons. The Morgan fingerprint density at radius 3 is 3.00 bits per heavy atom. The fraction of sp³-hybridized carbons (Fsp3) is 0.400. The monoisotopic (exact) mass is 250 g/mol. The number of hydrogen-bond donors (Lipinski definition) is 2. The van der Waals surface area contributed by atoms with Gasteiger partial charge in [-0.25, -0.2) is 9.97 Å². The van der Waals surface area contributed by atoms with Crippen LogP contribution in [0.25, 0.3) is 11.2 Å². The lowest BCUT2D eigenvalue weighted by Gasteiger charge is -2.06. The normalized spacial score (nSPS) is 10.6. The average Bonchev–Trinajstić information content (AvgIpc) is 2.65. The third kappa shape index (κ3) is 2.17. The summed E-state index contributed by atoms with van der Waals surface area (Å²) >= 11 is 0. The molecule has 0 aliphatic heterocycles. The highest BCUT2D eigenvalue weighted by Crippen LogP contribution is 2.22. The van der Waals surface area contributed by atoms with Crippen molar-refractivity contribution in [1.29, 1.82) is 0 Å². The number of carbonyl (C=O) groups excluding carboxylic acids is 1. The van der Waals surface area contributed by atoms with E-state index in [4.69, 9.17) is 10.5 Å². The SMILES string of the molecule is COc1ncnc2c1nc(N)n2CCNC(C)=O. The van der Waals surface area contributed by atoms with Gasteiger partial charge in [0.15, 0.2) is 11.2 Å². The van der Waals surface area contributed by atoms with Crippen LogP contribution in [-0.2, 0) is 11.3 Å². The van der Waals surface area contributed by atoms with Gasteiger partial charge in [-0.3, -0.25) is 9.36 Å². The van der Waals surface area contributed by atoms with Crippen LogP contribution >= 0.6 is 0 Å². The summed E-state index contributed by atoms with van der Waals surface area (Å²) < 4.78 is 6.79. The van der Waals surface area contributed by atoms with Crippen LogP contribution in [0, 0.1) is 0 Å². The third-order valence-electron chi connectivity index (χ3n) is 2.43. The van der Waals surface area contributed by atoms with E-state index in [2.05, 4.69) is 20.3 Å². The molecule has 96 valence electrons. The van der Waals surface area contributed by atoms with Crippen LogP contribution in [0.2, 0.25) is 0 Å². The zero-order chi connectivity index (χ0) is 13.1. The highest BCUT2D eigenvalue weighted by Gasteiger charge is 2.14. The number of aromatic nitrogens is 4. The van der Waals surface area contributed by atoms with Gasteiger partial charge in [-0.05, 0) is 0 Å². The van der Waals surface area contributed by atoms with E-state index in [1.165, 1.54) is 20.4 Å². The van der Waals surface area contributed by atoms with Gasteiger partial charge in [0.05, 0.1) is 7.11 Å². The van der Waals surface area contributed by atoms with E-state index < -0.39 is 0 Å². The lowest BCUT2D eigenvalue weighted by molar-refractivity contribution is -0.118. The Balaban J connectivity index is 2.32. The molecule has 0 spiro atoms. The van der Waals surface area contributed by atoms with Crippen molar-refractivity contribution >= 4 is 23.0 Å². The van der Waals surface area contributed by atoms with Crippen LogP contribution in [0.4, 0.5) is 5.95 Å². The lowest BCUT2D eigenvalue weighted by atomic mass is 10.5. The molecule has 0 fully saturated rings. The first-order chi connectivity index (χ1) is 8.63. The van der Waals surface area contributed by atoms with E-state index in [0.717, 1.165) is 0 Å². The molecule has 0 aliphatic rings. The number of fused-ring (bicyclic) bond motifs is 1. The van der Waals surface area contributed by atoms with Gasteiger partial charge in [0.25, 0.3) is 0 Å². The van der Waals surface area contributed by atoms with Gasteiger partial charge in [-0.15, -0.1) is 0 Å². The van der Waals surface area contributed by atoms with Gasteiger partial charge in [0.2, 0.25) is 17.7 Å². The minimum Gasteiger partial charge on any atom is -0.479 e. The average molecular weight is 250 g/mol. The quantitative estimate of drug-likeness (QED) is 0.761. The van der Waals surface area contributed by atoms with E-state index >= 15 is 0 Å². The van der Waals surface area contributed by atoms with Gasteiger partial charge in [-0.1, -0.05) is 0 Å². The molecule has 8 heteroatoms. The summed E-state index contributed by atoms with van der Waals surface area (Å²) in [5.74, 6) is 0.601. The lowest BCUT2D eigenvalue weighted by Crippen LogP contribution is -2.25. The molecular formula is C10H14N6O2. The molecule has 2 aromatic rings. The molecule has 2 heterocycles. The van der Waals surface area contributed by atoms with Crippen LogP contribution in [0.5, 0.6) is 5.88 Å². The van der Waals surface area contributed by atoms with Gasteiger partial charge in [0.1, 0.15) is 6.33 Å². The summed E-state index contributed by atoms with van der Waals surface area (Å²) in [7, 11) is 1.51. The summed E-state index contributed by atoms with van der Waals surface area (Å²) in [6.45, 7) is 2.40. The number of nitrogens with two attached hydrogens (primary N) is 1. The van der Waals surface area contributed by atoms with Crippen LogP contribution in [0.15, 0.2) is 6.33 Å². The first-order valence-corrected chi connectivity index (χ1v) is 5.38. The fourth-order valence-electron chi connectivity index (χ4n) is 1.65. The van der Waals surface area contributed by atoms with Gasteiger partial charge < -0.3 is 15.8 Å².